The molecule has 62 heavy (non-hydrogen) atoms. The van der Waals surface area contributed by atoms with E-state index in [-0.39, 0.29) is 18.1 Å². The molecule has 2 aromatic heterocycles. The highest BCUT2D eigenvalue weighted by Crippen LogP contribution is 2.34. The Morgan fingerprint density at radius 1 is 0.565 bits per heavy atom. The molecular formula is C50H57N2O8S2+. The summed E-state index contributed by atoms with van der Waals surface area (Å²) in [5.74, 6) is 1.78. The van der Waals surface area contributed by atoms with Gasteiger partial charge in [-0.1, -0.05) is 57.2 Å². The van der Waals surface area contributed by atoms with Crippen LogP contribution in [0, 0.1) is 0 Å². The first kappa shape index (κ1) is 47.4. The van der Waals surface area contributed by atoms with E-state index in [2.05, 4.69) is 41.2 Å². The first-order valence-electron chi connectivity index (χ1n) is 20.9. The van der Waals surface area contributed by atoms with Crippen LogP contribution in [0.3, 0.4) is 0 Å². The van der Waals surface area contributed by atoms with Gasteiger partial charge in [0.2, 0.25) is 0 Å². The molecule has 6 aromatic rings. The molecule has 6 rings (SSSR count). The molecule has 2 heterocycles. The lowest BCUT2D eigenvalue weighted by molar-refractivity contribution is -0.157. The minimum atomic E-state index is -3.56. The molecule has 0 amide bonds. The molecule has 0 N–H and O–H groups in total. The molecule has 0 bridgehead atoms. The summed E-state index contributed by atoms with van der Waals surface area (Å²) in [6, 6.07) is 40.3. The van der Waals surface area contributed by atoms with Gasteiger partial charge in [0.25, 0.3) is 10.1 Å². The van der Waals surface area contributed by atoms with Crippen molar-refractivity contribution in [3.63, 3.8) is 0 Å². The van der Waals surface area contributed by atoms with Gasteiger partial charge in [0.05, 0.1) is 22.4 Å². The van der Waals surface area contributed by atoms with Crippen molar-refractivity contribution in [1.29, 1.82) is 0 Å². The summed E-state index contributed by atoms with van der Waals surface area (Å²) in [4.78, 5) is 23.8. The van der Waals surface area contributed by atoms with Gasteiger partial charge in [-0.2, -0.15) is 8.42 Å². The molecule has 0 unspecified atom stereocenters. The average molecular weight is 878 g/mol. The Kier molecular flexibility index (Phi) is 18.8. The van der Waals surface area contributed by atoms with Crippen molar-refractivity contribution < 1.29 is 36.3 Å². The van der Waals surface area contributed by atoms with Crippen LogP contribution in [0.15, 0.2) is 172 Å². The molecule has 0 aliphatic carbocycles. The van der Waals surface area contributed by atoms with E-state index in [0.29, 0.717) is 19.0 Å². The Balaban J connectivity index is 0.000000338. The fourth-order valence-electron chi connectivity index (χ4n) is 5.93. The number of carbonyl (C=O) groups excluding carboxylic acids is 1. The third kappa shape index (κ3) is 16.6. The van der Waals surface area contributed by atoms with Gasteiger partial charge in [-0.3, -0.25) is 14.2 Å². The van der Waals surface area contributed by atoms with E-state index in [1.54, 1.807) is 55.1 Å². The van der Waals surface area contributed by atoms with Crippen LogP contribution in [0.5, 0.6) is 17.2 Å². The van der Waals surface area contributed by atoms with Crippen LogP contribution < -0.4 is 14.2 Å². The van der Waals surface area contributed by atoms with Crippen LogP contribution in [0.25, 0.3) is 0 Å². The zero-order valence-electron chi connectivity index (χ0n) is 36.0. The van der Waals surface area contributed by atoms with Crippen molar-refractivity contribution >= 4 is 27.0 Å². The van der Waals surface area contributed by atoms with Gasteiger partial charge < -0.3 is 18.9 Å². The van der Waals surface area contributed by atoms with Gasteiger partial charge in [-0.15, -0.1) is 0 Å². The topological polar surface area (TPSA) is 123 Å². The highest BCUT2D eigenvalue weighted by Gasteiger charge is 2.29. The highest BCUT2D eigenvalue weighted by atomic mass is 32.2. The van der Waals surface area contributed by atoms with Gasteiger partial charge in [0.15, 0.2) is 21.3 Å². The number of rotatable bonds is 21. The van der Waals surface area contributed by atoms with Crippen LogP contribution >= 0.6 is 0 Å². The number of pyridine rings is 2. The minimum Gasteiger partial charge on any atom is -0.489 e. The predicted octanol–water partition coefficient (Wildman–Crippen LogP) is 11.2. The molecule has 0 aliphatic rings. The van der Waals surface area contributed by atoms with Crippen molar-refractivity contribution in [2.45, 2.75) is 105 Å². The van der Waals surface area contributed by atoms with Crippen molar-refractivity contribution in [2.75, 3.05) is 13.2 Å². The maximum atomic E-state index is 12.1. The Morgan fingerprint density at radius 2 is 1.00 bits per heavy atom. The summed E-state index contributed by atoms with van der Waals surface area (Å²) in [6.07, 6.45) is 13.7. The maximum absolute atomic E-state index is 12.1. The Labute approximate surface area is 370 Å². The molecule has 0 radical (unpaired) electrons. The number of nitrogens with zero attached hydrogens (tertiary/aromatic N) is 2. The Hall–Kier alpha value is -5.69. The number of esters is 1. The van der Waals surface area contributed by atoms with E-state index in [1.807, 2.05) is 93.6 Å². The van der Waals surface area contributed by atoms with Crippen molar-refractivity contribution in [3.8, 4) is 17.2 Å². The van der Waals surface area contributed by atoms with Crippen LogP contribution in [0.2, 0.25) is 0 Å². The fourth-order valence-corrected chi connectivity index (χ4v) is 8.94. The van der Waals surface area contributed by atoms with Gasteiger partial charge in [0.1, 0.15) is 36.1 Å². The van der Waals surface area contributed by atoms with Crippen LogP contribution in [-0.2, 0) is 47.9 Å². The minimum absolute atomic E-state index is 0.149. The average Bonchev–Trinajstić information content (AvgIpc) is 3.28. The van der Waals surface area contributed by atoms with Crippen molar-refractivity contribution in [1.82, 2.24) is 9.97 Å². The van der Waals surface area contributed by atoms with Crippen LogP contribution in [0.1, 0.15) is 77.3 Å². The SMILES string of the molecule is CC(C)(C)OC(=O)COc1ccc([S+](c2ccc(OCc3ccncc3)cc2)c2ccc(OCc3ccncc3)cc2)cc1.CCCCCCCCOS(=O)(=O)c1ccccc1. The van der Waals surface area contributed by atoms with E-state index in [9.17, 15) is 13.2 Å². The Morgan fingerprint density at radius 3 is 1.45 bits per heavy atom. The smallest absolute Gasteiger partial charge is 0.344 e. The first-order valence-corrected chi connectivity index (χ1v) is 23.5. The van der Waals surface area contributed by atoms with Gasteiger partial charge in [-0.25, -0.2) is 4.79 Å². The van der Waals surface area contributed by atoms with E-state index in [1.165, 1.54) is 19.3 Å². The molecule has 326 valence electrons. The maximum Gasteiger partial charge on any atom is 0.344 e. The molecule has 0 saturated heterocycles. The molecule has 0 aliphatic heterocycles. The number of aromatic nitrogens is 2. The fraction of sp³-hybridized carbons (Fsp3) is 0.300. The van der Waals surface area contributed by atoms with E-state index >= 15 is 0 Å². The van der Waals surface area contributed by atoms with Crippen LogP contribution in [0.4, 0.5) is 0 Å². The molecule has 0 atom stereocenters. The standard InChI is InChI=1S/C36H35N2O5S.C14H22O3S/c1-36(2,3)43-35(39)26-42-31-8-14-34(15-9-31)44(32-10-4-29(5-11-32)40-24-27-16-20-37-21-17-27)33-12-6-30(7-13-33)41-25-28-18-22-38-23-19-28;1-2-3-4-5-6-10-13-17-18(15,16)14-11-8-7-9-12-14/h4-23H,24-26H2,1-3H3;7-9,11-12H,2-6,10,13H2,1H3/q+1;. The third-order valence-electron chi connectivity index (χ3n) is 9.03. The zero-order chi connectivity index (χ0) is 44.0. The first-order chi connectivity index (χ1) is 30.0. The van der Waals surface area contributed by atoms with Gasteiger partial charge in [0, 0.05) is 24.8 Å². The molecule has 0 saturated carbocycles. The third-order valence-corrected chi connectivity index (χ3v) is 12.6. The van der Waals surface area contributed by atoms with Gasteiger partial charge >= 0.3 is 5.97 Å². The summed E-state index contributed by atoms with van der Waals surface area (Å²) >= 11 is 0. The second-order valence-corrected chi connectivity index (χ2v) is 18.9. The number of carbonyl (C=O) groups is 1. The summed E-state index contributed by atoms with van der Waals surface area (Å²) in [7, 11) is -3.98. The second-order valence-electron chi connectivity index (χ2n) is 15.2. The quantitative estimate of drug-likeness (QED) is 0.0299. The number of hydrogen-bond acceptors (Lipinski definition) is 10. The number of unbranched alkanes of at least 4 members (excludes halogenated alkanes) is 5. The highest BCUT2D eigenvalue weighted by molar-refractivity contribution is 7.97. The largest absolute Gasteiger partial charge is 0.489 e. The normalized spacial score (nSPS) is 11.3. The molecule has 12 heteroatoms. The summed E-state index contributed by atoms with van der Waals surface area (Å²) in [6.45, 7) is 8.75. The lowest BCUT2D eigenvalue weighted by atomic mass is 10.1. The van der Waals surface area contributed by atoms with E-state index in [0.717, 1.165) is 56.6 Å². The number of ether oxygens (including phenoxy) is 4. The molecule has 4 aromatic carbocycles. The molecule has 10 nitrogen and oxygen atoms in total. The summed E-state index contributed by atoms with van der Waals surface area (Å²) < 4.78 is 51.6. The predicted molar refractivity (Wildman–Crippen MR) is 243 cm³/mol. The summed E-state index contributed by atoms with van der Waals surface area (Å²) in [5.41, 5.74) is 1.56. The van der Waals surface area contributed by atoms with Crippen molar-refractivity contribution in [2.24, 2.45) is 0 Å². The molecule has 0 spiro atoms. The zero-order valence-corrected chi connectivity index (χ0v) is 37.6. The lowest BCUT2D eigenvalue weighted by Gasteiger charge is -2.19. The second kappa shape index (κ2) is 24.7. The van der Waals surface area contributed by atoms with Crippen LogP contribution in [-0.4, -0.2) is 43.2 Å². The number of hydrogen-bond donors (Lipinski definition) is 0. The van der Waals surface area contributed by atoms with E-state index < -0.39 is 32.6 Å². The van der Waals surface area contributed by atoms with E-state index in [4.69, 9.17) is 23.1 Å². The Bertz CT molecular complexity index is 2200. The summed E-state index contributed by atoms with van der Waals surface area (Å²) in [5, 5.41) is 0. The molecule has 0 fully saturated rings. The lowest BCUT2D eigenvalue weighted by Crippen LogP contribution is -2.27. The van der Waals surface area contributed by atoms with Gasteiger partial charge in [-0.05, 0) is 148 Å². The molecular weight excluding hydrogens is 821 g/mol. The number of benzene rings is 4. The van der Waals surface area contributed by atoms with Crippen molar-refractivity contribution in [3.05, 3.63) is 163 Å². The monoisotopic (exact) mass is 877 g/mol.